The summed E-state index contributed by atoms with van der Waals surface area (Å²) in [4.78, 5) is 24.9. The van der Waals surface area contributed by atoms with E-state index in [0.717, 1.165) is 35.9 Å². The van der Waals surface area contributed by atoms with Crippen molar-refractivity contribution in [3.63, 3.8) is 0 Å². The Kier molecular flexibility index (Phi) is 4.92. The Bertz CT molecular complexity index is 848. The summed E-state index contributed by atoms with van der Waals surface area (Å²) in [5.41, 5.74) is 1.26. The van der Waals surface area contributed by atoms with Crippen molar-refractivity contribution >= 4 is 29.3 Å². The number of nitrogens with zero attached hydrogens (tertiary/aromatic N) is 3. The fourth-order valence-electron chi connectivity index (χ4n) is 3.34. The van der Waals surface area contributed by atoms with Crippen LogP contribution in [0.15, 0.2) is 23.1 Å². The van der Waals surface area contributed by atoms with Gasteiger partial charge in [-0.1, -0.05) is 6.42 Å². The molecule has 2 amide bonds. The van der Waals surface area contributed by atoms with Crippen LogP contribution in [0.1, 0.15) is 41.3 Å². The van der Waals surface area contributed by atoms with Crippen LogP contribution in [0, 0.1) is 0 Å². The van der Waals surface area contributed by atoms with Crippen LogP contribution in [0.4, 0.5) is 5.69 Å². The fraction of sp³-hybridized carbons (Fsp3) is 0.444. The molecule has 8 heteroatoms. The third-order valence-corrected chi connectivity index (χ3v) is 5.77. The van der Waals surface area contributed by atoms with Gasteiger partial charge in [0.1, 0.15) is 11.6 Å². The summed E-state index contributed by atoms with van der Waals surface area (Å²) in [5, 5.41) is 14.3. The summed E-state index contributed by atoms with van der Waals surface area (Å²) >= 11 is 1.49. The summed E-state index contributed by atoms with van der Waals surface area (Å²) in [6.07, 6.45) is 5.20. The van der Waals surface area contributed by atoms with Gasteiger partial charge in [-0.2, -0.15) is 0 Å². The molecule has 2 aliphatic rings. The van der Waals surface area contributed by atoms with Crippen LogP contribution in [0.2, 0.25) is 0 Å². The summed E-state index contributed by atoms with van der Waals surface area (Å²) < 4.78 is 2.20. The molecule has 7 nitrogen and oxygen atoms in total. The molecular weight excluding hydrogens is 350 g/mol. The first-order valence-corrected chi connectivity index (χ1v) is 9.95. The van der Waals surface area contributed by atoms with Crippen molar-refractivity contribution in [2.45, 2.75) is 43.5 Å². The number of aryl methyl sites for hydroxylation is 1. The Morgan fingerprint density at radius 1 is 1.27 bits per heavy atom. The maximum Gasteiger partial charge on any atom is 0.251 e. The van der Waals surface area contributed by atoms with Crippen molar-refractivity contribution in [1.29, 1.82) is 0 Å². The van der Waals surface area contributed by atoms with E-state index in [-0.39, 0.29) is 11.8 Å². The second-order valence-corrected chi connectivity index (χ2v) is 7.57. The van der Waals surface area contributed by atoms with Crippen LogP contribution in [0.3, 0.4) is 0 Å². The number of hydrogen-bond acceptors (Lipinski definition) is 5. The monoisotopic (exact) mass is 371 g/mol. The summed E-state index contributed by atoms with van der Waals surface area (Å²) in [5.74, 6) is 2.24. The lowest BCUT2D eigenvalue weighted by Crippen LogP contribution is -2.27. The Morgan fingerprint density at radius 2 is 2.19 bits per heavy atom. The van der Waals surface area contributed by atoms with Crippen LogP contribution in [0.25, 0.3) is 0 Å². The van der Waals surface area contributed by atoms with Gasteiger partial charge in [-0.15, -0.1) is 22.0 Å². The number of rotatable bonds is 4. The average molecular weight is 371 g/mol. The number of hydrogen-bond donors (Lipinski definition) is 2. The zero-order valence-corrected chi connectivity index (χ0v) is 15.3. The lowest BCUT2D eigenvalue weighted by Gasteiger charge is -2.17. The number of carbonyl (C=O) groups is 2. The average Bonchev–Trinajstić information content (AvgIpc) is 2.87. The minimum absolute atomic E-state index is 0.0347. The van der Waals surface area contributed by atoms with E-state index in [1.54, 1.807) is 12.1 Å². The zero-order valence-electron chi connectivity index (χ0n) is 14.5. The van der Waals surface area contributed by atoms with Gasteiger partial charge in [0.05, 0.1) is 11.4 Å². The van der Waals surface area contributed by atoms with Crippen molar-refractivity contribution < 1.29 is 9.59 Å². The molecule has 0 atom stereocenters. The second kappa shape index (κ2) is 7.49. The molecule has 2 aromatic rings. The molecule has 0 bridgehead atoms. The van der Waals surface area contributed by atoms with Crippen LogP contribution in [-0.2, 0) is 24.2 Å². The Hall–Kier alpha value is -2.35. The van der Waals surface area contributed by atoms with E-state index in [1.165, 1.54) is 24.6 Å². The highest BCUT2D eigenvalue weighted by Gasteiger charge is 2.18. The zero-order chi connectivity index (χ0) is 17.9. The van der Waals surface area contributed by atoms with Gasteiger partial charge in [0, 0.05) is 36.4 Å². The van der Waals surface area contributed by atoms with Gasteiger partial charge in [-0.25, -0.2) is 0 Å². The number of aromatic nitrogens is 3. The summed E-state index contributed by atoms with van der Waals surface area (Å²) in [6.45, 7) is 1.48. The highest BCUT2D eigenvalue weighted by Crippen LogP contribution is 2.31. The first-order chi connectivity index (χ1) is 12.7. The van der Waals surface area contributed by atoms with Crippen molar-refractivity contribution in [3.8, 4) is 0 Å². The number of fused-ring (bicyclic) bond motifs is 2. The molecule has 0 spiro atoms. The van der Waals surface area contributed by atoms with Crippen molar-refractivity contribution in [2.24, 2.45) is 0 Å². The van der Waals surface area contributed by atoms with Crippen molar-refractivity contribution in [3.05, 3.63) is 35.4 Å². The van der Waals surface area contributed by atoms with Gasteiger partial charge in [0.2, 0.25) is 5.91 Å². The number of amides is 2. The molecule has 4 rings (SSSR count). The van der Waals surface area contributed by atoms with Crippen molar-refractivity contribution in [2.75, 3.05) is 17.6 Å². The molecule has 0 fully saturated rings. The Labute approximate surface area is 155 Å². The molecule has 136 valence electrons. The molecule has 2 aliphatic heterocycles. The normalized spacial score (nSPS) is 16.2. The minimum atomic E-state index is -0.145. The molecule has 0 radical (unpaired) electrons. The number of benzene rings is 1. The van der Waals surface area contributed by atoms with Crippen LogP contribution in [0.5, 0.6) is 0 Å². The second-order valence-electron chi connectivity index (χ2n) is 6.55. The quantitative estimate of drug-likeness (QED) is 0.858. The number of thioether (sulfide) groups is 1. The topological polar surface area (TPSA) is 88.9 Å². The lowest BCUT2D eigenvalue weighted by molar-refractivity contribution is -0.113. The first kappa shape index (κ1) is 17.1. The smallest absolute Gasteiger partial charge is 0.251 e. The third-order valence-electron chi connectivity index (χ3n) is 4.69. The molecule has 0 saturated carbocycles. The Morgan fingerprint density at radius 3 is 3.12 bits per heavy atom. The SMILES string of the molecule is O=C1CSc2ccc(C(=O)NCCc3nnc4n3CCCCC4)cc2N1. The predicted molar refractivity (Wildman–Crippen MR) is 99.4 cm³/mol. The van der Waals surface area contributed by atoms with Gasteiger partial charge in [-0.05, 0) is 31.0 Å². The summed E-state index contributed by atoms with van der Waals surface area (Å²) in [7, 11) is 0. The van der Waals surface area contributed by atoms with E-state index in [2.05, 4.69) is 25.4 Å². The maximum absolute atomic E-state index is 12.4. The van der Waals surface area contributed by atoms with E-state index < -0.39 is 0 Å². The third kappa shape index (κ3) is 3.60. The molecule has 1 aromatic heterocycles. The van der Waals surface area contributed by atoms with Crippen LogP contribution in [-0.4, -0.2) is 38.9 Å². The Balaban J connectivity index is 1.37. The molecule has 0 aliphatic carbocycles. The summed E-state index contributed by atoms with van der Waals surface area (Å²) in [6, 6.07) is 5.41. The molecule has 26 heavy (non-hydrogen) atoms. The van der Waals surface area contributed by atoms with Gasteiger partial charge in [-0.3, -0.25) is 9.59 Å². The standard InChI is InChI=1S/C18H21N5O2S/c24-17-11-26-14-6-5-12(10-13(14)20-17)18(25)19-8-7-16-22-21-15-4-2-1-3-9-23(15)16/h5-6,10H,1-4,7-9,11H2,(H,19,25)(H,20,24). The van der Waals surface area contributed by atoms with Crippen molar-refractivity contribution in [1.82, 2.24) is 20.1 Å². The predicted octanol–water partition coefficient (Wildman–Crippen LogP) is 2.02. The van der Waals surface area contributed by atoms with Gasteiger partial charge in [0.15, 0.2) is 0 Å². The molecule has 1 aromatic carbocycles. The molecule has 2 N–H and O–H groups in total. The van der Waals surface area contributed by atoms with Crippen LogP contribution >= 0.6 is 11.8 Å². The van der Waals surface area contributed by atoms with Gasteiger partial charge >= 0.3 is 0 Å². The number of nitrogens with one attached hydrogen (secondary N) is 2. The largest absolute Gasteiger partial charge is 0.352 e. The number of carbonyl (C=O) groups excluding carboxylic acids is 2. The fourth-order valence-corrected chi connectivity index (χ4v) is 4.13. The maximum atomic E-state index is 12.4. The highest BCUT2D eigenvalue weighted by atomic mass is 32.2. The van der Waals surface area contributed by atoms with Crippen LogP contribution < -0.4 is 10.6 Å². The molecule has 0 unspecified atom stereocenters. The van der Waals surface area contributed by atoms with Gasteiger partial charge < -0.3 is 15.2 Å². The van der Waals surface area contributed by atoms with E-state index in [0.29, 0.717) is 30.0 Å². The van der Waals surface area contributed by atoms with E-state index in [1.807, 2.05) is 6.07 Å². The van der Waals surface area contributed by atoms with E-state index in [4.69, 9.17) is 0 Å². The molecule has 0 saturated heterocycles. The lowest BCUT2D eigenvalue weighted by atomic mass is 10.2. The molecule has 3 heterocycles. The van der Waals surface area contributed by atoms with E-state index in [9.17, 15) is 9.59 Å². The van der Waals surface area contributed by atoms with E-state index >= 15 is 0 Å². The van der Waals surface area contributed by atoms with Gasteiger partial charge in [0.25, 0.3) is 5.91 Å². The molecular formula is C18H21N5O2S. The minimum Gasteiger partial charge on any atom is -0.352 e. The first-order valence-electron chi connectivity index (χ1n) is 8.96. The highest BCUT2D eigenvalue weighted by molar-refractivity contribution is 8.00. The number of anilines is 1.